The molecular weight excluding hydrogens is 414 g/mol. The van der Waals surface area contributed by atoms with Gasteiger partial charge in [-0.15, -0.1) is 0 Å². The molecule has 0 spiro atoms. The van der Waals surface area contributed by atoms with Crippen molar-refractivity contribution in [1.82, 2.24) is 10.3 Å². The van der Waals surface area contributed by atoms with E-state index in [1.807, 2.05) is 43.3 Å². The van der Waals surface area contributed by atoms with Crippen molar-refractivity contribution in [2.75, 3.05) is 5.32 Å². The SMILES string of the molecule is Cc1ccc(-c2cnc(-c3ccccc3C(=O)Nc3ccc(C(=O)NC4CC4)cc3)o2)cc1. The number of anilines is 1. The molecule has 0 atom stereocenters. The number of nitrogens with zero attached hydrogens (tertiary/aromatic N) is 1. The summed E-state index contributed by atoms with van der Waals surface area (Å²) in [5, 5.41) is 5.85. The first-order chi connectivity index (χ1) is 16.1. The molecule has 0 aliphatic heterocycles. The van der Waals surface area contributed by atoms with E-state index < -0.39 is 0 Å². The highest BCUT2D eigenvalue weighted by Crippen LogP contribution is 2.29. The first-order valence-corrected chi connectivity index (χ1v) is 10.9. The minimum absolute atomic E-state index is 0.0889. The fraction of sp³-hybridized carbons (Fsp3) is 0.148. The molecule has 6 nitrogen and oxygen atoms in total. The Morgan fingerprint density at radius 3 is 2.36 bits per heavy atom. The molecule has 1 aliphatic carbocycles. The Balaban J connectivity index is 1.34. The Labute approximate surface area is 191 Å². The number of carbonyl (C=O) groups excluding carboxylic acids is 2. The lowest BCUT2D eigenvalue weighted by molar-refractivity contribution is 0.0950. The van der Waals surface area contributed by atoms with E-state index in [4.69, 9.17) is 4.42 Å². The third-order valence-electron chi connectivity index (χ3n) is 5.56. The second-order valence-electron chi connectivity index (χ2n) is 8.22. The summed E-state index contributed by atoms with van der Waals surface area (Å²) in [7, 11) is 0. The van der Waals surface area contributed by atoms with Crippen LogP contribution >= 0.6 is 0 Å². The predicted octanol–water partition coefficient (Wildman–Crippen LogP) is 5.46. The van der Waals surface area contributed by atoms with Crippen LogP contribution < -0.4 is 10.6 Å². The molecular formula is C27H23N3O3. The molecule has 6 heteroatoms. The van der Waals surface area contributed by atoms with Crippen LogP contribution in [0.15, 0.2) is 83.4 Å². The monoisotopic (exact) mass is 437 g/mol. The Hall–Kier alpha value is -4.19. The molecule has 164 valence electrons. The van der Waals surface area contributed by atoms with Crippen molar-refractivity contribution in [3.63, 3.8) is 0 Å². The van der Waals surface area contributed by atoms with Gasteiger partial charge in [0.15, 0.2) is 5.76 Å². The van der Waals surface area contributed by atoms with Crippen molar-refractivity contribution >= 4 is 17.5 Å². The molecule has 0 unspecified atom stereocenters. The zero-order valence-electron chi connectivity index (χ0n) is 18.2. The van der Waals surface area contributed by atoms with E-state index in [2.05, 4.69) is 15.6 Å². The van der Waals surface area contributed by atoms with Crippen molar-refractivity contribution in [3.05, 3.63) is 95.7 Å². The van der Waals surface area contributed by atoms with Gasteiger partial charge in [-0.25, -0.2) is 4.98 Å². The first-order valence-electron chi connectivity index (χ1n) is 10.9. The van der Waals surface area contributed by atoms with Gasteiger partial charge >= 0.3 is 0 Å². The number of nitrogens with one attached hydrogen (secondary N) is 2. The summed E-state index contributed by atoms with van der Waals surface area (Å²) in [4.78, 5) is 29.6. The zero-order chi connectivity index (χ0) is 22.8. The van der Waals surface area contributed by atoms with Crippen molar-refractivity contribution in [1.29, 1.82) is 0 Å². The van der Waals surface area contributed by atoms with Crippen LogP contribution in [0.3, 0.4) is 0 Å². The lowest BCUT2D eigenvalue weighted by Crippen LogP contribution is -2.25. The van der Waals surface area contributed by atoms with Crippen molar-refractivity contribution in [3.8, 4) is 22.8 Å². The predicted molar refractivity (Wildman–Crippen MR) is 127 cm³/mol. The van der Waals surface area contributed by atoms with Gasteiger partial charge in [-0.3, -0.25) is 9.59 Å². The van der Waals surface area contributed by atoms with Gasteiger partial charge in [-0.05, 0) is 56.2 Å². The number of hydrogen-bond acceptors (Lipinski definition) is 4. The smallest absolute Gasteiger partial charge is 0.256 e. The normalized spacial score (nSPS) is 12.9. The van der Waals surface area contributed by atoms with Crippen LogP contribution in [-0.2, 0) is 0 Å². The molecule has 1 aliphatic rings. The highest BCUT2D eigenvalue weighted by molar-refractivity contribution is 6.08. The second-order valence-corrected chi connectivity index (χ2v) is 8.22. The molecule has 1 heterocycles. The Bertz CT molecular complexity index is 1300. The molecule has 1 aromatic heterocycles. The number of aryl methyl sites for hydroxylation is 1. The molecule has 33 heavy (non-hydrogen) atoms. The molecule has 0 radical (unpaired) electrons. The van der Waals surface area contributed by atoms with Crippen LogP contribution in [0.2, 0.25) is 0 Å². The Morgan fingerprint density at radius 1 is 0.909 bits per heavy atom. The number of carbonyl (C=O) groups is 2. The maximum Gasteiger partial charge on any atom is 0.256 e. The van der Waals surface area contributed by atoms with Gasteiger partial charge < -0.3 is 15.1 Å². The molecule has 4 aromatic rings. The van der Waals surface area contributed by atoms with Crippen LogP contribution in [0.5, 0.6) is 0 Å². The largest absolute Gasteiger partial charge is 0.436 e. The topological polar surface area (TPSA) is 84.2 Å². The van der Waals surface area contributed by atoms with Gasteiger partial charge in [0.2, 0.25) is 5.89 Å². The van der Waals surface area contributed by atoms with E-state index in [0.717, 1.165) is 24.0 Å². The van der Waals surface area contributed by atoms with E-state index >= 15 is 0 Å². The minimum atomic E-state index is -0.282. The van der Waals surface area contributed by atoms with Crippen molar-refractivity contribution < 1.29 is 14.0 Å². The van der Waals surface area contributed by atoms with Crippen molar-refractivity contribution in [2.45, 2.75) is 25.8 Å². The molecule has 2 amide bonds. The van der Waals surface area contributed by atoms with Gasteiger partial charge in [0.1, 0.15) is 0 Å². The Morgan fingerprint density at radius 2 is 1.64 bits per heavy atom. The van der Waals surface area contributed by atoms with Gasteiger partial charge in [0, 0.05) is 28.4 Å². The second kappa shape index (κ2) is 8.74. The summed E-state index contributed by atoms with van der Waals surface area (Å²) in [6.45, 7) is 2.03. The molecule has 5 rings (SSSR count). The maximum absolute atomic E-state index is 13.0. The fourth-order valence-electron chi connectivity index (χ4n) is 3.52. The summed E-state index contributed by atoms with van der Waals surface area (Å²) in [5.41, 5.74) is 4.32. The van der Waals surface area contributed by atoms with E-state index in [0.29, 0.717) is 40.1 Å². The summed E-state index contributed by atoms with van der Waals surface area (Å²) in [6.07, 6.45) is 3.74. The molecule has 3 aromatic carbocycles. The lowest BCUT2D eigenvalue weighted by Gasteiger charge is -2.09. The van der Waals surface area contributed by atoms with E-state index in [9.17, 15) is 9.59 Å². The number of aromatic nitrogens is 1. The summed E-state index contributed by atoms with van der Waals surface area (Å²) < 4.78 is 5.98. The third-order valence-corrected chi connectivity index (χ3v) is 5.56. The number of amides is 2. The quantitative estimate of drug-likeness (QED) is 0.419. The van der Waals surface area contributed by atoms with E-state index in [-0.39, 0.29) is 11.8 Å². The van der Waals surface area contributed by atoms with E-state index in [1.165, 1.54) is 0 Å². The highest BCUT2D eigenvalue weighted by atomic mass is 16.4. The standard InChI is InChI=1S/C27H23N3O3/c1-17-6-8-18(9-7-17)24-16-28-27(33-24)23-5-3-2-4-22(23)26(32)30-20-12-10-19(11-13-20)25(31)29-21-14-15-21/h2-13,16,21H,14-15H2,1H3,(H,29,31)(H,30,32). The average molecular weight is 437 g/mol. The first kappa shape index (κ1) is 20.7. The molecule has 0 saturated heterocycles. The van der Waals surface area contributed by atoms with Crippen LogP contribution in [0.25, 0.3) is 22.8 Å². The Kier molecular flexibility index (Phi) is 5.48. The number of oxazole rings is 1. The third kappa shape index (κ3) is 4.70. The fourth-order valence-corrected chi connectivity index (χ4v) is 3.52. The molecule has 1 fully saturated rings. The van der Waals surface area contributed by atoms with Crippen LogP contribution in [0.4, 0.5) is 5.69 Å². The maximum atomic E-state index is 13.0. The van der Waals surface area contributed by atoms with Crippen LogP contribution in [0.1, 0.15) is 39.1 Å². The van der Waals surface area contributed by atoms with Gasteiger partial charge in [0.25, 0.3) is 11.8 Å². The van der Waals surface area contributed by atoms with Crippen LogP contribution in [-0.4, -0.2) is 22.8 Å². The number of rotatable bonds is 6. The number of benzene rings is 3. The van der Waals surface area contributed by atoms with E-state index in [1.54, 1.807) is 42.6 Å². The van der Waals surface area contributed by atoms with Gasteiger partial charge in [0.05, 0.1) is 11.8 Å². The van der Waals surface area contributed by atoms with Crippen molar-refractivity contribution in [2.24, 2.45) is 0 Å². The summed E-state index contributed by atoms with van der Waals surface area (Å²) in [6, 6.07) is 22.3. The average Bonchev–Trinajstić information content (AvgIpc) is 3.51. The number of hydrogen-bond donors (Lipinski definition) is 2. The minimum Gasteiger partial charge on any atom is -0.436 e. The highest BCUT2D eigenvalue weighted by Gasteiger charge is 2.23. The summed E-state index contributed by atoms with van der Waals surface area (Å²) >= 11 is 0. The molecule has 2 N–H and O–H groups in total. The molecule has 1 saturated carbocycles. The zero-order valence-corrected chi connectivity index (χ0v) is 18.2. The van der Waals surface area contributed by atoms with Gasteiger partial charge in [-0.2, -0.15) is 0 Å². The van der Waals surface area contributed by atoms with Gasteiger partial charge in [-0.1, -0.05) is 42.0 Å². The summed E-state index contributed by atoms with van der Waals surface area (Å²) in [5.74, 6) is 0.647. The lowest BCUT2D eigenvalue weighted by atomic mass is 10.1. The van der Waals surface area contributed by atoms with Crippen LogP contribution in [0, 0.1) is 6.92 Å². The molecule has 0 bridgehead atoms.